The quantitative estimate of drug-likeness (QED) is 0.641. The Hall–Kier alpha value is -2.15. The van der Waals surface area contributed by atoms with Gasteiger partial charge in [-0.15, -0.1) is 0 Å². The van der Waals surface area contributed by atoms with E-state index in [9.17, 15) is 14.9 Å². The molecule has 1 aliphatic rings. The molecule has 0 aliphatic carbocycles. The second-order valence-electron chi connectivity index (χ2n) is 5.73. The number of rotatable bonds is 6. The molecule has 0 atom stereocenters. The van der Waals surface area contributed by atoms with Gasteiger partial charge in [-0.25, -0.2) is 0 Å². The van der Waals surface area contributed by atoms with Gasteiger partial charge in [0.05, 0.1) is 12.0 Å². The van der Waals surface area contributed by atoms with E-state index in [1.807, 2.05) is 0 Å². The van der Waals surface area contributed by atoms with Gasteiger partial charge in [0.2, 0.25) is 0 Å². The third-order valence-electron chi connectivity index (χ3n) is 4.10. The zero-order chi connectivity index (χ0) is 16.8. The molecule has 0 spiro atoms. The minimum Gasteiger partial charge on any atom is -0.490 e. The third-order valence-corrected chi connectivity index (χ3v) is 4.10. The molecule has 1 fully saturated rings. The summed E-state index contributed by atoms with van der Waals surface area (Å²) in [5.74, 6) is -0.121. The van der Waals surface area contributed by atoms with Crippen LogP contribution in [0, 0.1) is 10.1 Å². The number of nitrogens with one attached hydrogen (secondary N) is 1. The lowest BCUT2D eigenvalue weighted by Gasteiger charge is -2.32. The van der Waals surface area contributed by atoms with Crippen LogP contribution in [0.5, 0.6) is 5.75 Å². The summed E-state index contributed by atoms with van der Waals surface area (Å²) in [6.45, 7) is 5.19. The van der Waals surface area contributed by atoms with E-state index in [4.69, 9.17) is 4.74 Å². The number of piperidine rings is 1. The highest BCUT2D eigenvalue weighted by Crippen LogP contribution is 2.27. The average molecular weight is 321 g/mol. The molecule has 1 aliphatic heterocycles. The Labute approximate surface area is 135 Å². The Balaban J connectivity index is 1.99. The molecule has 0 bridgehead atoms. The molecule has 7 heteroatoms. The van der Waals surface area contributed by atoms with Crippen molar-refractivity contribution in [2.45, 2.75) is 32.2 Å². The monoisotopic (exact) mass is 321 g/mol. The van der Waals surface area contributed by atoms with Crippen molar-refractivity contribution in [2.75, 3.05) is 26.7 Å². The summed E-state index contributed by atoms with van der Waals surface area (Å²) in [7, 11) is 1.37. The number of carbonyl (C=O) groups excluding carboxylic acids is 1. The van der Waals surface area contributed by atoms with Crippen LogP contribution < -0.4 is 10.1 Å². The fourth-order valence-corrected chi connectivity index (χ4v) is 2.86. The summed E-state index contributed by atoms with van der Waals surface area (Å²) >= 11 is 0. The minimum atomic E-state index is -0.543. The van der Waals surface area contributed by atoms with Gasteiger partial charge >= 0.3 is 5.69 Å². The van der Waals surface area contributed by atoms with Crippen molar-refractivity contribution < 1.29 is 14.5 Å². The van der Waals surface area contributed by atoms with E-state index < -0.39 is 4.92 Å². The number of benzene rings is 1. The second-order valence-corrected chi connectivity index (χ2v) is 5.73. The topological polar surface area (TPSA) is 84.7 Å². The van der Waals surface area contributed by atoms with Crippen molar-refractivity contribution >= 4 is 11.6 Å². The van der Waals surface area contributed by atoms with Crippen LogP contribution in [0.1, 0.15) is 36.5 Å². The van der Waals surface area contributed by atoms with E-state index >= 15 is 0 Å². The number of likely N-dealkylation sites (tertiary alicyclic amines) is 1. The molecule has 23 heavy (non-hydrogen) atoms. The van der Waals surface area contributed by atoms with Gasteiger partial charge in [-0.3, -0.25) is 14.9 Å². The van der Waals surface area contributed by atoms with Gasteiger partial charge in [0.15, 0.2) is 5.75 Å². The maximum absolute atomic E-state index is 12.3. The number of amides is 1. The summed E-state index contributed by atoms with van der Waals surface area (Å²) < 4.78 is 4.95. The number of hydrogen-bond acceptors (Lipinski definition) is 5. The molecular formula is C16H23N3O4. The van der Waals surface area contributed by atoms with E-state index in [2.05, 4.69) is 17.1 Å². The minimum absolute atomic E-state index is 0.122. The predicted octanol–water partition coefficient (Wildman–Crippen LogP) is 2.21. The predicted molar refractivity (Wildman–Crippen MR) is 86.9 cm³/mol. The zero-order valence-electron chi connectivity index (χ0n) is 13.6. The largest absolute Gasteiger partial charge is 0.490 e. The van der Waals surface area contributed by atoms with Crippen LogP contribution in [0.25, 0.3) is 0 Å². The number of nitro groups is 1. The Morgan fingerprint density at radius 1 is 1.43 bits per heavy atom. The van der Waals surface area contributed by atoms with Gasteiger partial charge in [0, 0.05) is 30.8 Å². The fourth-order valence-electron chi connectivity index (χ4n) is 2.86. The second kappa shape index (κ2) is 7.92. The maximum Gasteiger partial charge on any atom is 0.311 e. The number of ether oxygens (including phenoxy) is 1. The summed E-state index contributed by atoms with van der Waals surface area (Å²) in [6, 6.07) is 4.39. The van der Waals surface area contributed by atoms with Gasteiger partial charge in [-0.1, -0.05) is 6.92 Å². The molecule has 1 heterocycles. The highest BCUT2D eigenvalue weighted by molar-refractivity contribution is 5.95. The Bertz CT molecular complexity index is 568. The standard InChI is InChI=1S/C16H23N3O4/c1-3-8-18-9-6-13(7-10-18)17-16(20)12-4-5-15(23-2)14(11-12)19(21)22/h4-5,11,13H,3,6-10H2,1-2H3,(H,17,20). The molecule has 7 nitrogen and oxygen atoms in total. The smallest absolute Gasteiger partial charge is 0.311 e. The van der Waals surface area contributed by atoms with E-state index in [0.717, 1.165) is 38.9 Å². The first-order chi connectivity index (χ1) is 11.0. The average Bonchev–Trinajstić information content (AvgIpc) is 2.56. The molecule has 0 unspecified atom stereocenters. The first kappa shape index (κ1) is 17.2. The summed E-state index contributed by atoms with van der Waals surface area (Å²) in [6.07, 6.45) is 2.94. The van der Waals surface area contributed by atoms with E-state index in [0.29, 0.717) is 0 Å². The van der Waals surface area contributed by atoms with Gasteiger partial charge < -0.3 is 15.0 Å². The summed E-state index contributed by atoms with van der Waals surface area (Å²) in [5, 5.41) is 14.0. The van der Waals surface area contributed by atoms with Crippen LogP contribution >= 0.6 is 0 Å². The normalized spacial score (nSPS) is 16.1. The molecule has 1 amide bonds. The molecule has 1 aromatic rings. The first-order valence-electron chi connectivity index (χ1n) is 7.90. The van der Waals surface area contributed by atoms with Crippen LogP contribution in [0.3, 0.4) is 0 Å². The molecule has 1 saturated heterocycles. The van der Waals surface area contributed by atoms with E-state index in [-0.39, 0.29) is 28.9 Å². The molecule has 1 aromatic carbocycles. The van der Waals surface area contributed by atoms with Gasteiger partial charge in [-0.05, 0) is 37.9 Å². The third kappa shape index (κ3) is 4.41. The van der Waals surface area contributed by atoms with Crippen LogP contribution in [0.2, 0.25) is 0 Å². The lowest BCUT2D eigenvalue weighted by molar-refractivity contribution is -0.385. The van der Waals surface area contributed by atoms with Crippen molar-refractivity contribution in [1.82, 2.24) is 10.2 Å². The first-order valence-corrected chi connectivity index (χ1v) is 7.90. The lowest BCUT2D eigenvalue weighted by Crippen LogP contribution is -2.44. The van der Waals surface area contributed by atoms with Crippen LogP contribution in [-0.2, 0) is 0 Å². The fraction of sp³-hybridized carbons (Fsp3) is 0.562. The van der Waals surface area contributed by atoms with Crippen molar-refractivity contribution in [3.8, 4) is 5.75 Å². The van der Waals surface area contributed by atoms with Crippen molar-refractivity contribution in [1.29, 1.82) is 0 Å². The number of methoxy groups -OCH3 is 1. The van der Waals surface area contributed by atoms with Crippen molar-refractivity contribution in [3.05, 3.63) is 33.9 Å². The van der Waals surface area contributed by atoms with E-state index in [1.165, 1.54) is 19.2 Å². The van der Waals surface area contributed by atoms with Gasteiger partial charge in [0.1, 0.15) is 0 Å². The summed E-state index contributed by atoms with van der Waals surface area (Å²) in [4.78, 5) is 25.2. The number of nitro benzene ring substituents is 1. The molecule has 126 valence electrons. The molecular weight excluding hydrogens is 298 g/mol. The highest BCUT2D eigenvalue weighted by Gasteiger charge is 2.22. The van der Waals surface area contributed by atoms with Crippen LogP contribution in [0.15, 0.2) is 18.2 Å². The van der Waals surface area contributed by atoms with Crippen molar-refractivity contribution in [2.24, 2.45) is 0 Å². The maximum atomic E-state index is 12.3. The van der Waals surface area contributed by atoms with Crippen LogP contribution in [0.4, 0.5) is 5.69 Å². The lowest BCUT2D eigenvalue weighted by atomic mass is 10.0. The van der Waals surface area contributed by atoms with Gasteiger partial charge in [-0.2, -0.15) is 0 Å². The number of nitrogens with zero attached hydrogens (tertiary/aromatic N) is 2. The van der Waals surface area contributed by atoms with Gasteiger partial charge in [0.25, 0.3) is 5.91 Å². The number of hydrogen-bond donors (Lipinski definition) is 1. The molecule has 2 rings (SSSR count). The zero-order valence-corrected chi connectivity index (χ0v) is 13.6. The molecule has 0 radical (unpaired) electrons. The number of carbonyl (C=O) groups is 1. The molecule has 0 saturated carbocycles. The summed E-state index contributed by atoms with van der Waals surface area (Å²) in [5.41, 5.74) is 0.0893. The van der Waals surface area contributed by atoms with Crippen molar-refractivity contribution in [3.63, 3.8) is 0 Å². The molecule has 1 N–H and O–H groups in total. The Kier molecular flexibility index (Phi) is 5.92. The van der Waals surface area contributed by atoms with Crippen LogP contribution in [-0.4, -0.2) is 48.5 Å². The highest BCUT2D eigenvalue weighted by atomic mass is 16.6. The molecule has 0 aromatic heterocycles. The SMILES string of the molecule is CCCN1CCC(NC(=O)c2ccc(OC)c([N+](=O)[O-])c2)CC1. The van der Waals surface area contributed by atoms with E-state index in [1.54, 1.807) is 6.07 Å². The Morgan fingerprint density at radius 2 is 2.13 bits per heavy atom. The Morgan fingerprint density at radius 3 is 2.70 bits per heavy atom.